The Kier molecular flexibility index (Phi) is 2.99. The fourth-order valence-electron chi connectivity index (χ4n) is 1.72. The van der Waals surface area contributed by atoms with Gasteiger partial charge in [0.15, 0.2) is 0 Å². The number of hydrogen-bond donors (Lipinski definition) is 0. The molecule has 0 radical (unpaired) electrons. The van der Waals surface area contributed by atoms with E-state index in [1.165, 1.54) is 0 Å². The van der Waals surface area contributed by atoms with E-state index in [2.05, 4.69) is 0 Å². The van der Waals surface area contributed by atoms with Crippen molar-refractivity contribution < 1.29 is 13.9 Å². The molecule has 1 aliphatic carbocycles. The maximum Gasteiger partial charge on any atom is 0.135 e. The second-order valence-electron chi connectivity index (χ2n) is 3.65. The SMILES string of the molecule is O=C1CCCC(OCc2ccco2)C1. The molecule has 3 heteroatoms. The molecular weight excluding hydrogens is 180 g/mol. The number of furan rings is 1. The molecule has 1 unspecified atom stereocenters. The standard InChI is InChI=1S/C11H14O3/c12-9-3-1-4-10(7-9)14-8-11-5-2-6-13-11/h2,5-6,10H,1,3-4,7-8H2. The third-order valence-electron chi connectivity index (χ3n) is 2.48. The van der Waals surface area contributed by atoms with Gasteiger partial charge in [0, 0.05) is 12.8 Å². The normalized spacial score (nSPS) is 22.6. The Hall–Kier alpha value is -1.09. The molecule has 76 valence electrons. The Labute approximate surface area is 83.0 Å². The van der Waals surface area contributed by atoms with Crippen molar-refractivity contribution in [2.75, 3.05) is 0 Å². The van der Waals surface area contributed by atoms with E-state index in [0.29, 0.717) is 18.8 Å². The minimum atomic E-state index is 0.0985. The molecule has 1 fully saturated rings. The Morgan fingerprint density at radius 1 is 1.57 bits per heavy atom. The predicted molar refractivity (Wildman–Crippen MR) is 50.8 cm³/mol. The van der Waals surface area contributed by atoms with Crippen LogP contribution >= 0.6 is 0 Å². The zero-order valence-electron chi connectivity index (χ0n) is 8.07. The second kappa shape index (κ2) is 4.42. The second-order valence-corrected chi connectivity index (χ2v) is 3.65. The van der Waals surface area contributed by atoms with Crippen molar-refractivity contribution in [1.29, 1.82) is 0 Å². The fraction of sp³-hybridized carbons (Fsp3) is 0.545. The van der Waals surface area contributed by atoms with Crippen molar-refractivity contribution >= 4 is 5.78 Å². The summed E-state index contributed by atoms with van der Waals surface area (Å²) in [6, 6.07) is 3.72. The van der Waals surface area contributed by atoms with E-state index in [9.17, 15) is 4.79 Å². The highest BCUT2D eigenvalue weighted by Crippen LogP contribution is 2.19. The molecule has 3 nitrogen and oxygen atoms in total. The first-order valence-electron chi connectivity index (χ1n) is 5.00. The number of carbonyl (C=O) groups excluding carboxylic acids is 1. The molecule has 0 spiro atoms. The van der Waals surface area contributed by atoms with E-state index in [1.807, 2.05) is 12.1 Å². The summed E-state index contributed by atoms with van der Waals surface area (Å²) in [5, 5.41) is 0. The van der Waals surface area contributed by atoms with Crippen molar-refractivity contribution in [2.24, 2.45) is 0 Å². The first-order valence-corrected chi connectivity index (χ1v) is 5.00. The molecule has 1 aliphatic rings. The van der Waals surface area contributed by atoms with Crippen LogP contribution in [-0.2, 0) is 16.1 Å². The first-order chi connectivity index (χ1) is 6.84. The van der Waals surface area contributed by atoms with Crippen LogP contribution in [0.25, 0.3) is 0 Å². The third-order valence-corrected chi connectivity index (χ3v) is 2.48. The van der Waals surface area contributed by atoms with Crippen molar-refractivity contribution in [3.05, 3.63) is 24.2 Å². The van der Waals surface area contributed by atoms with Crippen LogP contribution in [0, 0.1) is 0 Å². The van der Waals surface area contributed by atoms with E-state index in [1.54, 1.807) is 6.26 Å². The molecule has 0 N–H and O–H groups in total. The molecule has 0 saturated heterocycles. The summed E-state index contributed by atoms with van der Waals surface area (Å²) in [5.74, 6) is 1.14. The number of rotatable bonds is 3. The number of Topliss-reactive ketones (excluding diaryl/α,β-unsaturated/α-hetero) is 1. The first kappa shape index (κ1) is 9.46. The van der Waals surface area contributed by atoms with Gasteiger partial charge in [-0.15, -0.1) is 0 Å². The Balaban J connectivity index is 1.77. The predicted octanol–water partition coefficient (Wildman–Crippen LogP) is 2.31. The van der Waals surface area contributed by atoms with E-state index in [4.69, 9.17) is 9.15 Å². The fourth-order valence-corrected chi connectivity index (χ4v) is 1.72. The van der Waals surface area contributed by atoms with Crippen molar-refractivity contribution in [1.82, 2.24) is 0 Å². The van der Waals surface area contributed by atoms with Crippen LogP contribution in [-0.4, -0.2) is 11.9 Å². The van der Waals surface area contributed by atoms with E-state index < -0.39 is 0 Å². The van der Waals surface area contributed by atoms with Gasteiger partial charge in [-0.25, -0.2) is 0 Å². The maximum atomic E-state index is 11.1. The average Bonchev–Trinajstić information content (AvgIpc) is 2.67. The Morgan fingerprint density at radius 3 is 3.21 bits per heavy atom. The summed E-state index contributed by atoms with van der Waals surface area (Å²) in [4.78, 5) is 11.1. The third kappa shape index (κ3) is 2.45. The topological polar surface area (TPSA) is 39.4 Å². The Bertz CT molecular complexity index is 289. The summed E-state index contributed by atoms with van der Waals surface area (Å²) in [6.07, 6.45) is 4.97. The minimum Gasteiger partial charge on any atom is -0.467 e. The number of ether oxygens (including phenoxy) is 1. The van der Waals surface area contributed by atoms with Gasteiger partial charge in [-0.1, -0.05) is 0 Å². The van der Waals surface area contributed by atoms with Crippen LogP contribution in [0.4, 0.5) is 0 Å². The lowest BCUT2D eigenvalue weighted by atomic mass is 9.96. The van der Waals surface area contributed by atoms with Crippen molar-refractivity contribution in [2.45, 2.75) is 38.4 Å². The summed E-state index contributed by atoms with van der Waals surface area (Å²) in [5.41, 5.74) is 0. The zero-order valence-corrected chi connectivity index (χ0v) is 8.07. The van der Waals surface area contributed by atoms with Crippen LogP contribution in [0.5, 0.6) is 0 Å². The smallest absolute Gasteiger partial charge is 0.135 e. The van der Waals surface area contributed by atoms with E-state index in [-0.39, 0.29) is 6.10 Å². The van der Waals surface area contributed by atoms with Gasteiger partial charge < -0.3 is 9.15 Å². The molecular formula is C11H14O3. The summed E-state index contributed by atoms with van der Waals surface area (Å²) in [6.45, 7) is 0.477. The van der Waals surface area contributed by atoms with Gasteiger partial charge in [0.25, 0.3) is 0 Å². The van der Waals surface area contributed by atoms with Gasteiger partial charge in [-0.2, -0.15) is 0 Å². The molecule has 0 aromatic carbocycles. The van der Waals surface area contributed by atoms with Gasteiger partial charge in [0.05, 0.1) is 12.4 Å². The van der Waals surface area contributed by atoms with Crippen LogP contribution in [0.15, 0.2) is 22.8 Å². The molecule has 14 heavy (non-hydrogen) atoms. The van der Waals surface area contributed by atoms with Crippen molar-refractivity contribution in [3.63, 3.8) is 0 Å². The van der Waals surface area contributed by atoms with Gasteiger partial charge in [-0.3, -0.25) is 4.79 Å². The monoisotopic (exact) mass is 194 g/mol. The summed E-state index contributed by atoms with van der Waals surface area (Å²) < 4.78 is 10.7. The van der Waals surface area contributed by atoms with Gasteiger partial charge in [0.1, 0.15) is 18.2 Å². The lowest BCUT2D eigenvalue weighted by Crippen LogP contribution is -2.22. The average molecular weight is 194 g/mol. The lowest BCUT2D eigenvalue weighted by molar-refractivity contribution is -0.125. The van der Waals surface area contributed by atoms with E-state index in [0.717, 1.165) is 25.0 Å². The number of carbonyl (C=O) groups is 1. The Morgan fingerprint density at radius 2 is 2.50 bits per heavy atom. The number of ketones is 1. The minimum absolute atomic E-state index is 0.0985. The van der Waals surface area contributed by atoms with Crippen LogP contribution < -0.4 is 0 Å². The van der Waals surface area contributed by atoms with E-state index >= 15 is 0 Å². The molecule has 1 aromatic heterocycles. The molecule has 1 saturated carbocycles. The highest BCUT2D eigenvalue weighted by atomic mass is 16.5. The summed E-state index contributed by atoms with van der Waals surface area (Å²) in [7, 11) is 0. The quantitative estimate of drug-likeness (QED) is 0.741. The summed E-state index contributed by atoms with van der Waals surface area (Å²) >= 11 is 0. The molecule has 0 amide bonds. The van der Waals surface area contributed by atoms with Crippen LogP contribution in [0.2, 0.25) is 0 Å². The molecule has 0 aliphatic heterocycles. The molecule has 1 heterocycles. The molecule has 1 atom stereocenters. The van der Waals surface area contributed by atoms with Crippen LogP contribution in [0.3, 0.4) is 0 Å². The molecule has 0 bridgehead atoms. The largest absolute Gasteiger partial charge is 0.467 e. The molecule has 2 rings (SSSR count). The van der Waals surface area contributed by atoms with Crippen molar-refractivity contribution in [3.8, 4) is 0 Å². The highest BCUT2D eigenvalue weighted by Gasteiger charge is 2.19. The van der Waals surface area contributed by atoms with Gasteiger partial charge in [-0.05, 0) is 25.0 Å². The molecule has 1 aromatic rings. The van der Waals surface area contributed by atoms with Gasteiger partial charge in [0.2, 0.25) is 0 Å². The zero-order chi connectivity index (χ0) is 9.80. The van der Waals surface area contributed by atoms with Gasteiger partial charge >= 0.3 is 0 Å². The highest BCUT2D eigenvalue weighted by molar-refractivity contribution is 5.79. The maximum absolute atomic E-state index is 11.1. The lowest BCUT2D eigenvalue weighted by Gasteiger charge is -2.20. The van der Waals surface area contributed by atoms with Crippen LogP contribution in [0.1, 0.15) is 31.4 Å². The number of hydrogen-bond acceptors (Lipinski definition) is 3.